The lowest BCUT2D eigenvalue weighted by atomic mass is 10.1. The Morgan fingerprint density at radius 2 is 2.32 bits per heavy atom. The van der Waals surface area contributed by atoms with Crippen LogP contribution in [0.25, 0.3) is 10.6 Å². The Labute approximate surface area is 149 Å². The molecule has 2 N–H and O–H groups in total. The van der Waals surface area contributed by atoms with Crippen molar-refractivity contribution in [3.8, 4) is 10.6 Å². The van der Waals surface area contributed by atoms with E-state index in [9.17, 15) is 9.90 Å². The molecule has 0 aliphatic rings. The Morgan fingerprint density at radius 1 is 1.52 bits per heavy atom. The van der Waals surface area contributed by atoms with Gasteiger partial charge < -0.3 is 14.8 Å². The SMILES string of the molecule is Cc1nc(-c2cnn(C)c2)sc1C(=O)N[C@@H](C)C[C@@H](O)c1ccco1. The predicted octanol–water partition coefficient (Wildman–Crippen LogP) is 2.69. The highest BCUT2D eigenvalue weighted by atomic mass is 32.1. The van der Waals surface area contributed by atoms with Crippen LogP contribution in [0.1, 0.15) is 40.6 Å². The minimum Gasteiger partial charge on any atom is -0.467 e. The van der Waals surface area contributed by atoms with E-state index in [1.54, 1.807) is 23.0 Å². The van der Waals surface area contributed by atoms with Crippen molar-refractivity contribution in [1.29, 1.82) is 0 Å². The van der Waals surface area contributed by atoms with Crippen molar-refractivity contribution in [3.63, 3.8) is 0 Å². The van der Waals surface area contributed by atoms with Crippen molar-refractivity contribution in [2.24, 2.45) is 7.05 Å². The molecule has 0 fully saturated rings. The fourth-order valence-corrected chi connectivity index (χ4v) is 3.49. The van der Waals surface area contributed by atoms with Crippen molar-refractivity contribution < 1.29 is 14.3 Å². The normalized spacial score (nSPS) is 13.6. The average molecular weight is 360 g/mol. The lowest BCUT2D eigenvalue weighted by molar-refractivity contribution is 0.0906. The summed E-state index contributed by atoms with van der Waals surface area (Å²) in [4.78, 5) is 17.6. The standard InChI is InChI=1S/C17H20N4O3S/c1-10(7-13(22)14-5-4-6-24-14)19-16(23)15-11(2)20-17(25-15)12-8-18-21(3)9-12/h4-6,8-10,13,22H,7H2,1-3H3,(H,19,23)/t10-,13+/m0/s1. The molecule has 7 nitrogen and oxygen atoms in total. The maximum atomic E-state index is 12.5. The second kappa shape index (κ2) is 7.20. The zero-order chi connectivity index (χ0) is 18.0. The topological polar surface area (TPSA) is 93.2 Å². The number of aliphatic hydroxyl groups excluding tert-OH is 1. The molecule has 132 valence electrons. The van der Waals surface area contributed by atoms with Crippen LogP contribution in [0.3, 0.4) is 0 Å². The quantitative estimate of drug-likeness (QED) is 0.705. The first-order chi connectivity index (χ1) is 11.9. The van der Waals surface area contributed by atoms with E-state index in [1.807, 2.05) is 27.1 Å². The number of amides is 1. The number of rotatable bonds is 6. The van der Waals surface area contributed by atoms with Crippen LogP contribution in [-0.4, -0.2) is 31.8 Å². The highest BCUT2D eigenvalue weighted by molar-refractivity contribution is 7.17. The number of nitrogens with one attached hydrogen (secondary N) is 1. The maximum Gasteiger partial charge on any atom is 0.263 e. The van der Waals surface area contributed by atoms with E-state index in [0.29, 0.717) is 22.8 Å². The highest BCUT2D eigenvalue weighted by Crippen LogP contribution is 2.27. The Morgan fingerprint density at radius 3 is 2.96 bits per heavy atom. The number of aliphatic hydroxyl groups is 1. The van der Waals surface area contributed by atoms with Gasteiger partial charge in [0.1, 0.15) is 21.7 Å². The minimum atomic E-state index is -0.751. The van der Waals surface area contributed by atoms with Gasteiger partial charge in [0.2, 0.25) is 0 Å². The molecule has 0 aliphatic heterocycles. The number of aromatic nitrogens is 3. The van der Waals surface area contributed by atoms with Gasteiger partial charge in [-0.05, 0) is 26.0 Å². The molecule has 0 saturated carbocycles. The summed E-state index contributed by atoms with van der Waals surface area (Å²) in [6, 6.07) is 3.23. The number of furan rings is 1. The fourth-order valence-electron chi connectivity index (χ4n) is 2.54. The molecule has 3 aromatic rings. The first-order valence-electron chi connectivity index (χ1n) is 7.93. The van der Waals surface area contributed by atoms with Gasteiger partial charge in [0.15, 0.2) is 0 Å². The van der Waals surface area contributed by atoms with Crippen molar-refractivity contribution in [1.82, 2.24) is 20.1 Å². The third kappa shape index (κ3) is 3.97. The van der Waals surface area contributed by atoms with E-state index >= 15 is 0 Å². The number of carbonyl (C=O) groups excluding carboxylic acids is 1. The molecular weight excluding hydrogens is 340 g/mol. The van der Waals surface area contributed by atoms with Gasteiger partial charge in [-0.2, -0.15) is 5.10 Å². The lowest BCUT2D eigenvalue weighted by Crippen LogP contribution is -2.33. The zero-order valence-electron chi connectivity index (χ0n) is 14.3. The largest absolute Gasteiger partial charge is 0.467 e. The molecule has 0 spiro atoms. The Balaban J connectivity index is 1.66. The summed E-state index contributed by atoms with van der Waals surface area (Å²) >= 11 is 1.34. The third-order valence-corrected chi connectivity index (χ3v) is 4.99. The van der Waals surface area contributed by atoms with Crippen LogP contribution in [0.5, 0.6) is 0 Å². The van der Waals surface area contributed by atoms with Crippen LogP contribution < -0.4 is 5.32 Å². The van der Waals surface area contributed by atoms with E-state index in [4.69, 9.17) is 4.42 Å². The van der Waals surface area contributed by atoms with Gasteiger partial charge in [-0.25, -0.2) is 4.98 Å². The van der Waals surface area contributed by atoms with Crippen LogP contribution in [0, 0.1) is 6.92 Å². The Hall–Kier alpha value is -2.45. The summed E-state index contributed by atoms with van der Waals surface area (Å²) in [5.41, 5.74) is 1.57. The van der Waals surface area contributed by atoms with Gasteiger partial charge in [-0.15, -0.1) is 11.3 Å². The summed E-state index contributed by atoms with van der Waals surface area (Å²) in [6.45, 7) is 3.66. The van der Waals surface area contributed by atoms with Gasteiger partial charge >= 0.3 is 0 Å². The summed E-state index contributed by atoms with van der Waals surface area (Å²) in [5, 5.41) is 17.9. The molecule has 3 heterocycles. The Kier molecular flexibility index (Phi) is 5.00. The van der Waals surface area contributed by atoms with E-state index in [1.165, 1.54) is 17.6 Å². The average Bonchev–Trinajstić information content (AvgIpc) is 3.27. The summed E-state index contributed by atoms with van der Waals surface area (Å²) in [7, 11) is 1.84. The summed E-state index contributed by atoms with van der Waals surface area (Å²) in [5.74, 6) is 0.304. The number of nitrogens with zero attached hydrogens (tertiary/aromatic N) is 3. The van der Waals surface area contributed by atoms with Crippen LogP contribution in [0.15, 0.2) is 35.2 Å². The monoisotopic (exact) mass is 360 g/mol. The number of thiazole rings is 1. The fraction of sp³-hybridized carbons (Fsp3) is 0.353. The second-order valence-electron chi connectivity index (χ2n) is 5.98. The van der Waals surface area contributed by atoms with Gasteiger partial charge in [-0.1, -0.05) is 0 Å². The van der Waals surface area contributed by atoms with E-state index in [-0.39, 0.29) is 11.9 Å². The first-order valence-corrected chi connectivity index (χ1v) is 8.74. The summed E-state index contributed by atoms with van der Waals surface area (Å²) < 4.78 is 6.88. The van der Waals surface area contributed by atoms with E-state index in [0.717, 1.165) is 10.6 Å². The van der Waals surface area contributed by atoms with Crippen molar-refractivity contribution in [2.45, 2.75) is 32.4 Å². The summed E-state index contributed by atoms with van der Waals surface area (Å²) in [6.07, 6.45) is 4.72. The molecular formula is C17H20N4O3S. The van der Waals surface area contributed by atoms with E-state index < -0.39 is 6.10 Å². The van der Waals surface area contributed by atoms with Gasteiger partial charge in [0.25, 0.3) is 5.91 Å². The minimum absolute atomic E-state index is 0.190. The zero-order valence-corrected chi connectivity index (χ0v) is 15.1. The van der Waals surface area contributed by atoms with Crippen LogP contribution in [-0.2, 0) is 7.05 Å². The first kappa shape index (κ1) is 17.4. The molecule has 0 aromatic carbocycles. The molecule has 1 amide bonds. The number of aryl methyl sites for hydroxylation is 2. The molecule has 3 aromatic heterocycles. The highest BCUT2D eigenvalue weighted by Gasteiger charge is 2.21. The molecule has 3 rings (SSSR count). The van der Waals surface area contributed by atoms with Crippen LogP contribution >= 0.6 is 11.3 Å². The molecule has 0 aliphatic carbocycles. The maximum absolute atomic E-state index is 12.5. The number of hydrogen-bond donors (Lipinski definition) is 2. The molecule has 2 atom stereocenters. The number of hydrogen-bond acceptors (Lipinski definition) is 6. The molecule has 8 heteroatoms. The van der Waals surface area contributed by atoms with E-state index in [2.05, 4.69) is 15.4 Å². The molecule has 0 saturated heterocycles. The van der Waals surface area contributed by atoms with Crippen molar-refractivity contribution in [3.05, 3.63) is 47.1 Å². The second-order valence-corrected chi connectivity index (χ2v) is 6.98. The van der Waals surface area contributed by atoms with Gasteiger partial charge in [-0.3, -0.25) is 9.48 Å². The van der Waals surface area contributed by atoms with Crippen molar-refractivity contribution >= 4 is 17.2 Å². The Bertz CT molecular complexity index is 853. The molecule has 0 bridgehead atoms. The lowest BCUT2D eigenvalue weighted by Gasteiger charge is -2.16. The third-order valence-electron chi connectivity index (χ3n) is 3.78. The van der Waals surface area contributed by atoms with Crippen LogP contribution in [0.4, 0.5) is 0 Å². The molecule has 0 radical (unpaired) electrons. The smallest absolute Gasteiger partial charge is 0.263 e. The van der Waals surface area contributed by atoms with Crippen molar-refractivity contribution in [2.75, 3.05) is 0 Å². The molecule has 0 unspecified atom stereocenters. The van der Waals surface area contributed by atoms with Gasteiger partial charge in [0, 0.05) is 31.3 Å². The number of carbonyl (C=O) groups is 1. The molecule has 25 heavy (non-hydrogen) atoms. The predicted molar refractivity (Wildman–Crippen MR) is 94.3 cm³/mol. The van der Waals surface area contributed by atoms with Gasteiger partial charge in [0.05, 0.1) is 18.2 Å². The van der Waals surface area contributed by atoms with Crippen LogP contribution in [0.2, 0.25) is 0 Å².